The van der Waals surface area contributed by atoms with Crippen molar-refractivity contribution in [2.24, 2.45) is 0 Å². The number of carbonyl (C=O) groups excluding carboxylic acids is 1. The average molecular weight is 482 g/mol. The highest BCUT2D eigenvalue weighted by Gasteiger charge is 2.30. The summed E-state index contributed by atoms with van der Waals surface area (Å²) < 4.78 is 65.8. The van der Waals surface area contributed by atoms with Gasteiger partial charge in [0.25, 0.3) is 31.8 Å². The molecular formula is C18H14N2O10S2. The molecule has 0 aliphatic heterocycles. The fourth-order valence-electron chi connectivity index (χ4n) is 3.15. The summed E-state index contributed by atoms with van der Waals surface area (Å²) >= 11 is 0. The van der Waals surface area contributed by atoms with E-state index in [0.717, 1.165) is 6.07 Å². The summed E-state index contributed by atoms with van der Waals surface area (Å²) in [5, 5.41) is 23.0. The lowest BCUT2D eigenvalue weighted by Gasteiger charge is -2.14. The number of rotatable bonds is 5. The molecule has 3 rings (SSSR count). The summed E-state index contributed by atoms with van der Waals surface area (Å²) in [5.74, 6) is -1.83. The zero-order chi connectivity index (χ0) is 24.0. The molecule has 1 amide bonds. The number of hydrogen-bond acceptors (Lipinski definition) is 8. The highest BCUT2D eigenvalue weighted by molar-refractivity contribution is 7.89. The lowest BCUT2D eigenvalue weighted by Crippen LogP contribution is -2.15. The number of nitro groups is 1. The van der Waals surface area contributed by atoms with E-state index in [4.69, 9.17) is 0 Å². The molecule has 0 aromatic heterocycles. The molecule has 3 aromatic carbocycles. The van der Waals surface area contributed by atoms with Gasteiger partial charge in [0.1, 0.15) is 21.1 Å². The van der Waals surface area contributed by atoms with Crippen molar-refractivity contribution in [2.45, 2.75) is 16.7 Å². The summed E-state index contributed by atoms with van der Waals surface area (Å²) in [6.45, 7) is 1.58. The van der Waals surface area contributed by atoms with Gasteiger partial charge in [-0.2, -0.15) is 16.8 Å². The number of carbonyl (C=O) groups is 1. The van der Waals surface area contributed by atoms with Crippen molar-refractivity contribution in [3.05, 3.63) is 63.7 Å². The van der Waals surface area contributed by atoms with Gasteiger partial charge < -0.3 is 10.4 Å². The summed E-state index contributed by atoms with van der Waals surface area (Å²) in [5.41, 5.74) is -0.556. The topological polar surface area (TPSA) is 201 Å². The number of nitrogens with zero attached hydrogens (tertiary/aromatic N) is 1. The van der Waals surface area contributed by atoms with Crippen LogP contribution in [0, 0.1) is 17.0 Å². The summed E-state index contributed by atoms with van der Waals surface area (Å²) in [6, 6.07) is 7.63. The maximum absolute atomic E-state index is 12.7. The maximum Gasteiger partial charge on any atom is 0.296 e. The number of fused-ring (bicyclic) bond motifs is 1. The van der Waals surface area contributed by atoms with Crippen molar-refractivity contribution in [3.63, 3.8) is 0 Å². The molecule has 0 bridgehead atoms. The van der Waals surface area contributed by atoms with Gasteiger partial charge in [-0.1, -0.05) is 18.2 Å². The molecule has 0 heterocycles. The normalized spacial score (nSPS) is 12.0. The van der Waals surface area contributed by atoms with Crippen molar-refractivity contribution in [2.75, 3.05) is 5.32 Å². The lowest BCUT2D eigenvalue weighted by atomic mass is 10.1. The molecule has 12 nitrogen and oxygen atoms in total. The van der Waals surface area contributed by atoms with Crippen LogP contribution in [0.1, 0.15) is 15.9 Å². The Hall–Kier alpha value is -3.59. The average Bonchev–Trinajstić information content (AvgIpc) is 2.65. The van der Waals surface area contributed by atoms with Gasteiger partial charge >= 0.3 is 0 Å². The second-order valence-corrected chi connectivity index (χ2v) is 9.38. The van der Waals surface area contributed by atoms with Crippen molar-refractivity contribution in [1.82, 2.24) is 0 Å². The summed E-state index contributed by atoms with van der Waals surface area (Å²) in [7, 11) is -10.4. The standard InChI is InChI=1S/C18H14N2O10S2/c1-9-5-6-10(13(7-9)20(23)24)18(22)19-12-4-2-3-11-16(12)14(21)8-15(31(25,26)27)17(11)32(28,29)30/h2-8,21H,1H3,(H,19,22)(H,25,26,27)(H,28,29,30). The molecular weight excluding hydrogens is 468 g/mol. The minimum atomic E-state index is -5.23. The molecule has 0 saturated carbocycles. The minimum Gasteiger partial charge on any atom is -0.507 e. The van der Waals surface area contributed by atoms with Crippen LogP contribution in [0.5, 0.6) is 5.75 Å². The number of nitro benzene ring substituents is 1. The number of benzene rings is 3. The molecule has 0 spiro atoms. The Labute approximate surface area is 180 Å². The predicted octanol–water partition coefficient (Wildman–Crippen LogP) is 2.51. The van der Waals surface area contributed by atoms with E-state index in [0.29, 0.717) is 11.6 Å². The van der Waals surface area contributed by atoms with E-state index in [2.05, 4.69) is 5.32 Å². The molecule has 0 atom stereocenters. The smallest absolute Gasteiger partial charge is 0.296 e. The number of amides is 1. The molecule has 0 saturated heterocycles. The number of phenolic OH excluding ortho intramolecular Hbond substituents is 1. The first kappa shape index (κ1) is 23.1. The first-order chi connectivity index (χ1) is 14.7. The minimum absolute atomic E-state index is 0.244. The molecule has 4 N–H and O–H groups in total. The van der Waals surface area contributed by atoms with Gasteiger partial charge in [-0.3, -0.25) is 24.0 Å². The summed E-state index contributed by atoms with van der Waals surface area (Å²) in [4.78, 5) is 20.7. The van der Waals surface area contributed by atoms with Crippen LogP contribution in [0.25, 0.3) is 10.8 Å². The van der Waals surface area contributed by atoms with Crippen LogP contribution in [-0.4, -0.2) is 41.9 Å². The number of aryl methyl sites for hydroxylation is 1. The monoisotopic (exact) mass is 482 g/mol. The molecule has 168 valence electrons. The Balaban J connectivity index is 2.27. The molecule has 0 aliphatic carbocycles. The molecule has 0 unspecified atom stereocenters. The van der Waals surface area contributed by atoms with E-state index < -0.39 is 63.1 Å². The Kier molecular flexibility index (Phi) is 5.65. The van der Waals surface area contributed by atoms with Crippen LogP contribution in [0.2, 0.25) is 0 Å². The third-order valence-electron chi connectivity index (χ3n) is 4.44. The third-order valence-corrected chi connectivity index (χ3v) is 6.40. The predicted molar refractivity (Wildman–Crippen MR) is 111 cm³/mol. The largest absolute Gasteiger partial charge is 0.507 e. The van der Waals surface area contributed by atoms with E-state index >= 15 is 0 Å². The van der Waals surface area contributed by atoms with Gasteiger partial charge in [0.15, 0.2) is 0 Å². The molecule has 0 radical (unpaired) electrons. The van der Waals surface area contributed by atoms with E-state index in [1.807, 2.05) is 0 Å². The van der Waals surface area contributed by atoms with Crippen molar-refractivity contribution >= 4 is 48.3 Å². The van der Waals surface area contributed by atoms with Crippen molar-refractivity contribution in [1.29, 1.82) is 0 Å². The van der Waals surface area contributed by atoms with Crippen molar-refractivity contribution in [3.8, 4) is 5.75 Å². The molecule has 0 aliphatic rings. The molecule has 3 aromatic rings. The fourth-order valence-corrected chi connectivity index (χ4v) is 5.15. The van der Waals surface area contributed by atoms with Gasteiger partial charge in [-0.25, -0.2) is 0 Å². The number of aromatic hydroxyl groups is 1. The van der Waals surface area contributed by atoms with E-state index in [-0.39, 0.29) is 11.3 Å². The molecule has 32 heavy (non-hydrogen) atoms. The van der Waals surface area contributed by atoms with Gasteiger partial charge in [-0.15, -0.1) is 0 Å². The van der Waals surface area contributed by atoms with Crippen LogP contribution < -0.4 is 5.32 Å². The number of hydrogen-bond donors (Lipinski definition) is 4. The fraction of sp³-hybridized carbons (Fsp3) is 0.0556. The SMILES string of the molecule is Cc1ccc(C(=O)Nc2cccc3c(S(=O)(=O)O)c(S(=O)(=O)O)cc(O)c23)c([N+](=O)[O-])c1. The van der Waals surface area contributed by atoms with Crippen LogP contribution in [0.4, 0.5) is 11.4 Å². The zero-order valence-electron chi connectivity index (χ0n) is 16.0. The third kappa shape index (κ3) is 4.24. The molecule has 0 fully saturated rings. The first-order valence-corrected chi connectivity index (χ1v) is 11.4. The highest BCUT2D eigenvalue weighted by atomic mass is 32.2. The van der Waals surface area contributed by atoms with Gasteiger partial charge in [-0.05, 0) is 24.6 Å². The quantitative estimate of drug-likeness (QED) is 0.238. The van der Waals surface area contributed by atoms with Crippen LogP contribution in [0.3, 0.4) is 0 Å². The van der Waals surface area contributed by atoms with Gasteiger partial charge in [0, 0.05) is 22.9 Å². The van der Waals surface area contributed by atoms with Crippen molar-refractivity contribution < 1.29 is 40.8 Å². The van der Waals surface area contributed by atoms with E-state index in [1.165, 1.54) is 30.3 Å². The van der Waals surface area contributed by atoms with Gasteiger partial charge in [0.2, 0.25) is 0 Å². The number of phenols is 1. The highest BCUT2D eigenvalue weighted by Crippen LogP contribution is 2.40. The second-order valence-electron chi connectivity index (χ2n) is 6.63. The lowest BCUT2D eigenvalue weighted by molar-refractivity contribution is -0.385. The second kappa shape index (κ2) is 7.83. The zero-order valence-corrected chi connectivity index (χ0v) is 17.6. The Morgan fingerprint density at radius 2 is 1.69 bits per heavy atom. The van der Waals surface area contributed by atoms with E-state index in [1.54, 1.807) is 6.92 Å². The van der Waals surface area contributed by atoms with Crippen LogP contribution >= 0.6 is 0 Å². The Bertz CT molecular complexity index is 1510. The van der Waals surface area contributed by atoms with Crippen LogP contribution in [-0.2, 0) is 20.2 Å². The number of anilines is 1. The first-order valence-electron chi connectivity index (χ1n) is 8.52. The Morgan fingerprint density at radius 1 is 1.03 bits per heavy atom. The Morgan fingerprint density at radius 3 is 2.25 bits per heavy atom. The van der Waals surface area contributed by atoms with E-state index in [9.17, 15) is 46.0 Å². The van der Waals surface area contributed by atoms with Gasteiger partial charge in [0.05, 0.1) is 10.6 Å². The van der Waals surface area contributed by atoms with Crippen LogP contribution in [0.15, 0.2) is 52.3 Å². The summed E-state index contributed by atoms with van der Waals surface area (Å²) in [6.07, 6.45) is 0. The maximum atomic E-state index is 12.7. The number of nitrogens with one attached hydrogen (secondary N) is 1. The molecule has 14 heteroatoms.